The van der Waals surface area contributed by atoms with Gasteiger partial charge in [0.05, 0.1) is 16.4 Å². The van der Waals surface area contributed by atoms with Crippen molar-refractivity contribution in [1.29, 1.82) is 5.41 Å². The molecule has 1 heterocycles. The minimum Gasteiger partial charge on any atom is -0.486 e. The molecule has 1 aromatic carbocycles. The quantitative estimate of drug-likeness (QED) is 0.657. The Morgan fingerprint density at radius 1 is 1.45 bits per heavy atom. The Hall–Kier alpha value is -2.01. The molecule has 2 rings (SSSR count). The van der Waals surface area contributed by atoms with Gasteiger partial charge in [-0.25, -0.2) is 0 Å². The van der Waals surface area contributed by atoms with Crippen LogP contribution in [-0.2, 0) is 13.2 Å². The third-order valence-corrected chi connectivity index (χ3v) is 3.20. The van der Waals surface area contributed by atoms with Crippen molar-refractivity contribution >= 4 is 17.4 Å². The van der Waals surface area contributed by atoms with Gasteiger partial charge in [0.25, 0.3) is 0 Å². The van der Waals surface area contributed by atoms with Gasteiger partial charge in [-0.05, 0) is 38.1 Å². The van der Waals surface area contributed by atoms with Gasteiger partial charge < -0.3 is 10.5 Å². The predicted octanol–water partition coefficient (Wildman–Crippen LogP) is 2.73. The number of nitrogen functional groups attached to an aromatic ring is 1. The Bertz CT molecular complexity index is 636. The van der Waals surface area contributed by atoms with Crippen molar-refractivity contribution in [3.8, 4) is 5.75 Å². The van der Waals surface area contributed by atoms with Crippen LogP contribution >= 0.6 is 11.6 Å². The van der Waals surface area contributed by atoms with Crippen molar-refractivity contribution in [3.05, 3.63) is 46.2 Å². The molecule has 0 unspecified atom stereocenters. The van der Waals surface area contributed by atoms with E-state index in [2.05, 4.69) is 5.10 Å². The van der Waals surface area contributed by atoms with Crippen LogP contribution in [0.1, 0.15) is 23.9 Å². The molecule has 106 valence electrons. The largest absolute Gasteiger partial charge is 0.486 e. The Balaban J connectivity index is 2.12. The molecule has 0 aliphatic heterocycles. The number of hydrogen-bond donors (Lipinski definition) is 2. The van der Waals surface area contributed by atoms with Gasteiger partial charge in [-0.1, -0.05) is 11.6 Å². The third-order valence-electron chi connectivity index (χ3n) is 2.90. The number of nitrogens with one attached hydrogen (secondary N) is 1. The standard InChI is InChI=1S/C14H17ClN4O/c1-3-19-11(6-9(2)18-19)8-20-13-5-4-10(14(16)17)7-12(13)15/h4-7H,3,8H2,1-2H3,(H3,16,17). The molecule has 0 aliphatic rings. The lowest BCUT2D eigenvalue weighted by atomic mass is 10.2. The lowest BCUT2D eigenvalue weighted by molar-refractivity contribution is 0.292. The summed E-state index contributed by atoms with van der Waals surface area (Å²) in [6.07, 6.45) is 0. The predicted molar refractivity (Wildman–Crippen MR) is 79.4 cm³/mol. The summed E-state index contributed by atoms with van der Waals surface area (Å²) < 4.78 is 7.61. The van der Waals surface area contributed by atoms with Crippen LogP contribution < -0.4 is 10.5 Å². The van der Waals surface area contributed by atoms with E-state index in [0.29, 0.717) is 22.9 Å². The second-order valence-corrected chi connectivity index (χ2v) is 4.85. The van der Waals surface area contributed by atoms with E-state index >= 15 is 0 Å². The Morgan fingerprint density at radius 3 is 2.80 bits per heavy atom. The van der Waals surface area contributed by atoms with E-state index in [1.165, 1.54) is 0 Å². The summed E-state index contributed by atoms with van der Waals surface area (Å²) in [6.45, 7) is 5.17. The zero-order valence-electron chi connectivity index (χ0n) is 11.5. The summed E-state index contributed by atoms with van der Waals surface area (Å²) in [6, 6.07) is 7.05. The minimum absolute atomic E-state index is 0.0156. The molecule has 0 amide bonds. The van der Waals surface area contributed by atoms with Gasteiger partial charge in [0.2, 0.25) is 0 Å². The summed E-state index contributed by atoms with van der Waals surface area (Å²) >= 11 is 6.12. The summed E-state index contributed by atoms with van der Waals surface area (Å²) in [5.41, 5.74) is 7.95. The van der Waals surface area contributed by atoms with Crippen LogP contribution in [0.4, 0.5) is 0 Å². The van der Waals surface area contributed by atoms with Gasteiger partial charge in [-0.3, -0.25) is 10.1 Å². The number of nitrogens with two attached hydrogens (primary N) is 1. The SMILES string of the molecule is CCn1nc(C)cc1COc1ccc(C(=N)N)cc1Cl. The monoisotopic (exact) mass is 292 g/mol. The molecule has 0 atom stereocenters. The topological polar surface area (TPSA) is 76.9 Å². The maximum absolute atomic E-state index is 7.36. The second kappa shape index (κ2) is 5.96. The lowest BCUT2D eigenvalue weighted by Crippen LogP contribution is -2.11. The number of rotatable bonds is 5. The van der Waals surface area contributed by atoms with E-state index < -0.39 is 0 Å². The van der Waals surface area contributed by atoms with Crippen LogP contribution in [0, 0.1) is 12.3 Å². The van der Waals surface area contributed by atoms with Crippen LogP contribution in [0.2, 0.25) is 5.02 Å². The Morgan fingerprint density at radius 2 is 2.20 bits per heavy atom. The smallest absolute Gasteiger partial charge is 0.138 e. The fourth-order valence-corrected chi connectivity index (χ4v) is 2.16. The molecule has 0 saturated carbocycles. The first-order valence-electron chi connectivity index (χ1n) is 6.31. The highest BCUT2D eigenvalue weighted by molar-refractivity contribution is 6.32. The average molecular weight is 293 g/mol. The molecule has 2 aromatic rings. The minimum atomic E-state index is -0.0156. The van der Waals surface area contributed by atoms with E-state index in [4.69, 9.17) is 27.5 Å². The number of halogens is 1. The zero-order valence-corrected chi connectivity index (χ0v) is 12.2. The van der Waals surface area contributed by atoms with Crippen LogP contribution in [0.15, 0.2) is 24.3 Å². The van der Waals surface area contributed by atoms with Crippen molar-refractivity contribution in [2.45, 2.75) is 27.0 Å². The van der Waals surface area contributed by atoms with Crippen molar-refractivity contribution in [2.24, 2.45) is 5.73 Å². The van der Waals surface area contributed by atoms with Gasteiger partial charge in [0.1, 0.15) is 18.2 Å². The zero-order chi connectivity index (χ0) is 14.7. The molecule has 0 radical (unpaired) electrons. The van der Waals surface area contributed by atoms with Gasteiger partial charge in [0, 0.05) is 12.1 Å². The maximum Gasteiger partial charge on any atom is 0.138 e. The number of aryl methyl sites for hydroxylation is 2. The van der Waals surface area contributed by atoms with Crippen molar-refractivity contribution < 1.29 is 4.74 Å². The van der Waals surface area contributed by atoms with Crippen molar-refractivity contribution in [3.63, 3.8) is 0 Å². The maximum atomic E-state index is 7.36. The number of nitrogens with zero attached hydrogens (tertiary/aromatic N) is 2. The van der Waals surface area contributed by atoms with E-state index in [9.17, 15) is 0 Å². The number of benzene rings is 1. The summed E-state index contributed by atoms with van der Waals surface area (Å²) in [5, 5.41) is 12.2. The summed E-state index contributed by atoms with van der Waals surface area (Å²) in [7, 11) is 0. The molecule has 0 spiro atoms. The molecule has 0 bridgehead atoms. The fraction of sp³-hybridized carbons (Fsp3) is 0.286. The molecule has 0 saturated heterocycles. The average Bonchev–Trinajstić information content (AvgIpc) is 2.77. The van der Waals surface area contributed by atoms with E-state index in [1.807, 2.05) is 24.6 Å². The number of ether oxygens (including phenoxy) is 1. The Kier molecular flexibility index (Phi) is 4.29. The molecule has 3 N–H and O–H groups in total. The molecular weight excluding hydrogens is 276 g/mol. The first-order valence-corrected chi connectivity index (χ1v) is 6.69. The highest BCUT2D eigenvalue weighted by Gasteiger charge is 2.08. The van der Waals surface area contributed by atoms with Gasteiger partial charge in [0.15, 0.2) is 0 Å². The number of amidine groups is 1. The van der Waals surface area contributed by atoms with Crippen LogP contribution in [-0.4, -0.2) is 15.6 Å². The lowest BCUT2D eigenvalue weighted by Gasteiger charge is -2.10. The molecule has 20 heavy (non-hydrogen) atoms. The van der Waals surface area contributed by atoms with Crippen LogP contribution in [0.3, 0.4) is 0 Å². The van der Waals surface area contributed by atoms with Crippen LogP contribution in [0.25, 0.3) is 0 Å². The second-order valence-electron chi connectivity index (χ2n) is 4.44. The fourth-order valence-electron chi connectivity index (χ4n) is 1.93. The van der Waals surface area contributed by atoms with Gasteiger partial charge >= 0.3 is 0 Å². The molecule has 0 aliphatic carbocycles. The van der Waals surface area contributed by atoms with Crippen molar-refractivity contribution in [2.75, 3.05) is 0 Å². The van der Waals surface area contributed by atoms with Crippen LogP contribution in [0.5, 0.6) is 5.75 Å². The highest BCUT2D eigenvalue weighted by atomic mass is 35.5. The molecule has 1 aromatic heterocycles. The first-order chi connectivity index (χ1) is 9.51. The van der Waals surface area contributed by atoms with Gasteiger partial charge in [-0.2, -0.15) is 5.10 Å². The molecule has 6 heteroatoms. The summed E-state index contributed by atoms with van der Waals surface area (Å²) in [5.74, 6) is 0.552. The van der Waals surface area contributed by atoms with E-state index in [0.717, 1.165) is 17.9 Å². The van der Waals surface area contributed by atoms with Gasteiger partial charge in [-0.15, -0.1) is 0 Å². The third kappa shape index (κ3) is 3.11. The summed E-state index contributed by atoms with van der Waals surface area (Å²) in [4.78, 5) is 0. The first kappa shape index (κ1) is 14.4. The molecule has 5 nitrogen and oxygen atoms in total. The molecular formula is C14H17ClN4O. The number of aromatic nitrogens is 2. The Labute approximate surface area is 122 Å². The number of hydrogen-bond acceptors (Lipinski definition) is 3. The highest BCUT2D eigenvalue weighted by Crippen LogP contribution is 2.26. The molecule has 0 fully saturated rings. The van der Waals surface area contributed by atoms with Crippen molar-refractivity contribution in [1.82, 2.24) is 9.78 Å². The van der Waals surface area contributed by atoms with E-state index in [1.54, 1.807) is 18.2 Å². The normalized spacial score (nSPS) is 10.6. The van der Waals surface area contributed by atoms with E-state index in [-0.39, 0.29) is 5.84 Å².